The van der Waals surface area contributed by atoms with Crippen LogP contribution in [0.3, 0.4) is 0 Å². The van der Waals surface area contributed by atoms with Crippen molar-refractivity contribution in [1.82, 2.24) is 19.4 Å². The van der Waals surface area contributed by atoms with Crippen LogP contribution in [0.25, 0.3) is 0 Å². The van der Waals surface area contributed by atoms with Crippen molar-refractivity contribution in [2.45, 2.75) is 50.9 Å². The first-order valence-corrected chi connectivity index (χ1v) is 15.8. The van der Waals surface area contributed by atoms with E-state index in [2.05, 4.69) is 10.1 Å². The maximum atomic E-state index is 14.4. The van der Waals surface area contributed by atoms with Crippen molar-refractivity contribution in [3.8, 4) is 0 Å². The molecule has 0 spiro atoms. The SMILES string of the molecule is C[C@@H](O[C@H]1OCCN(Cc2nn(P(=O)(O)OCc3ccccc3)c(=O)[nH]2)[C@H]1c1cccc(F)c1)c1cc(C(F)(F)F)cc(C(F)(F)F)c1. The minimum atomic E-state index is -5.08. The molecule has 1 aromatic heterocycles. The Bertz CT molecular complexity index is 1800. The Kier molecular flexibility index (Phi) is 10.3. The molecule has 1 fully saturated rings. The minimum Gasteiger partial charge on any atom is -0.349 e. The van der Waals surface area contributed by atoms with Crippen LogP contribution in [0, 0.1) is 5.82 Å². The van der Waals surface area contributed by atoms with Gasteiger partial charge in [0, 0.05) is 6.54 Å². The van der Waals surface area contributed by atoms with E-state index in [9.17, 15) is 45.0 Å². The molecule has 1 aliphatic rings. The molecule has 4 atom stereocenters. The highest BCUT2D eigenvalue weighted by Crippen LogP contribution is 2.43. The first-order chi connectivity index (χ1) is 22.5. The fraction of sp³-hybridized carbons (Fsp3) is 0.333. The molecule has 4 aromatic rings. The first-order valence-electron chi connectivity index (χ1n) is 14.3. The molecule has 18 heteroatoms. The lowest BCUT2D eigenvalue weighted by atomic mass is 10.0. The maximum absolute atomic E-state index is 14.4. The number of aromatic amines is 1. The lowest BCUT2D eigenvalue weighted by Gasteiger charge is -2.41. The van der Waals surface area contributed by atoms with E-state index in [1.54, 1.807) is 35.2 Å². The Labute approximate surface area is 268 Å². The van der Waals surface area contributed by atoms with E-state index in [0.29, 0.717) is 17.7 Å². The number of rotatable bonds is 10. The van der Waals surface area contributed by atoms with Crippen molar-refractivity contribution < 1.29 is 54.2 Å². The molecular formula is C30H28F7N4O6P. The monoisotopic (exact) mass is 704 g/mol. The quantitative estimate of drug-likeness (QED) is 0.140. The Hall–Kier alpha value is -3.86. The third kappa shape index (κ3) is 8.40. The Morgan fingerprint density at radius 3 is 2.31 bits per heavy atom. The van der Waals surface area contributed by atoms with E-state index in [0.717, 1.165) is 12.1 Å². The minimum absolute atomic E-state index is 0.00246. The van der Waals surface area contributed by atoms with Gasteiger partial charge in [-0.1, -0.05) is 42.5 Å². The van der Waals surface area contributed by atoms with Crippen molar-refractivity contribution in [3.05, 3.63) is 123 Å². The van der Waals surface area contributed by atoms with Crippen LogP contribution in [-0.2, 0) is 44.1 Å². The molecule has 0 bridgehead atoms. The fourth-order valence-electron chi connectivity index (χ4n) is 5.11. The van der Waals surface area contributed by atoms with E-state index in [4.69, 9.17) is 14.0 Å². The Balaban J connectivity index is 1.42. The molecule has 258 valence electrons. The number of morpholine rings is 1. The van der Waals surface area contributed by atoms with Crippen LogP contribution < -0.4 is 5.69 Å². The molecule has 2 N–H and O–H groups in total. The average molecular weight is 705 g/mol. The number of aromatic nitrogens is 3. The zero-order valence-electron chi connectivity index (χ0n) is 24.9. The summed E-state index contributed by atoms with van der Waals surface area (Å²) in [5.41, 5.74) is -3.73. The summed E-state index contributed by atoms with van der Waals surface area (Å²) in [4.78, 5) is 27.1. The van der Waals surface area contributed by atoms with Gasteiger partial charge in [-0.3, -0.25) is 14.4 Å². The lowest BCUT2D eigenvalue weighted by Crippen LogP contribution is -2.46. The van der Waals surface area contributed by atoms with Crippen molar-refractivity contribution in [1.29, 1.82) is 0 Å². The van der Waals surface area contributed by atoms with Crippen LogP contribution in [0.2, 0.25) is 0 Å². The zero-order valence-corrected chi connectivity index (χ0v) is 25.8. The predicted octanol–water partition coefficient (Wildman–Crippen LogP) is 6.59. The van der Waals surface area contributed by atoms with E-state index < -0.39 is 66.7 Å². The van der Waals surface area contributed by atoms with Crippen molar-refractivity contribution in [2.75, 3.05) is 13.2 Å². The summed E-state index contributed by atoms with van der Waals surface area (Å²) in [5.74, 6) is -0.771. The standard InChI is InChI=1S/C30H28F7N4O6P/c1-18(21-12-22(29(32,33)34)15-23(13-21)30(35,36)37)47-27-26(20-8-5-9-24(31)14-20)40(10-11-45-27)16-25-38-28(42)41(39-25)48(43,44)46-17-19-6-3-2-4-7-19/h2-9,12-15,18,26-27H,10-11,16-17H2,1H3,(H,43,44)(H,38,39,42)/t18-,26+,27-/m1/s1. The van der Waals surface area contributed by atoms with Crippen molar-refractivity contribution >= 4 is 7.75 Å². The van der Waals surface area contributed by atoms with Gasteiger partial charge in [0.25, 0.3) is 0 Å². The number of hydrogen-bond donors (Lipinski definition) is 2. The predicted molar refractivity (Wildman–Crippen MR) is 155 cm³/mol. The fourth-order valence-corrected chi connectivity index (χ4v) is 6.04. The number of hydrogen-bond acceptors (Lipinski definition) is 7. The second kappa shape index (κ2) is 13.9. The van der Waals surface area contributed by atoms with Crippen LogP contribution >= 0.6 is 7.75 Å². The summed E-state index contributed by atoms with van der Waals surface area (Å²) < 4.78 is 125. The molecular weight excluding hydrogens is 676 g/mol. The maximum Gasteiger partial charge on any atom is 0.457 e. The molecule has 2 heterocycles. The topological polar surface area (TPSA) is 119 Å². The molecule has 0 aliphatic carbocycles. The number of ether oxygens (including phenoxy) is 2. The highest BCUT2D eigenvalue weighted by molar-refractivity contribution is 7.50. The summed E-state index contributed by atoms with van der Waals surface area (Å²) in [6, 6.07) is 13.6. The average Bonchev–Trinajstić information content (AvgIpc) is 3.40. The second-order valence-corrected chi connectivity index (χ2v) is 12.5. The van der Waals surface area contributed by atoms with Gasteiger partial charge in [-0.15, -0.1) is 9.55 Å². The summed E-state index contributed by atoms with van der Waals surface area (Å²) in [6.45, 7) is 0.744. The van der Waals surface area contributed by atoms with Crippen LogP contribution in [0.1, 0.15) is 52.7 Å². The number of nitrogens with one attached hydrogen (secondary N) is 1. The van der Waals surface area contributed by atoms with Crippen LogP contribution in [0.15, 0.2) is 77.6 Å². The molecule has 0 saturated carbocycles. The number of alkyl halides is 6. The molecule has 5 rings (SSSR count). The lowest BCUT2D eigenvalue weighted by molar-refractivity contribution is -0.231. The van der Waals surface area contributed by atoms with E-state index in [1.807, 2.05) is 0 Å². The Morgan fingerprint density at radius 1 is 1.02 bits per heavy atom. The molecule has 48 heavy (non-hydrogen) atoms. The first kappa shape index (κ1) is 35.4. The van der Waals surface area contributed by atoms with Gasteiger partial charge in [-0.2, -0.15) is 26.3 Å². The molecule has 10 nitrogen and oxygen atoms in total. The molecule has 0 amide bonds. The molecule has 1 saturated heterocycles. The van der Waals surface area contributed by atoms with E-state index in [1.165, 1.54) is 19.1 Å². The van der Waals surface area contributed by atoms with Crippen molar-refractivity contribution in [3.63, 3.8) is 0 Å². The van der Waals surface area contributed by atoms with Gasteiger partial charge in [-0.05, 0) is 53.9 Å². The highest BCUT2D eigenvalue weighted by Gasteiger charge is 2.40. The van der Waals surface area contributed by atoms with Gasteiger partial charge in [0.1, 0.15) is 11.6 Å². The number of H-pyrrole nitrogens is 1. The normalized spacial score (nSPS) is 19.6. The van der Waals surface area contributed by atoms with E-state index >= 15 is 0 Å². The van der Waals surface area contributed by atoms with Crippen molar-refractivity contribution in [2.24, 2.45) is 0 Å². The van der Waals surface area contributed by atoms with Gasteiger partial charge < -0.3 is 14.4 Å². The number of benzene rings is 3. The smallest absolute Gasteiger partial charge is 0.349 e. The third-order valence-corrected chi connectivity index (χ3v) is 8.62. The molecule has 1 unspecified atom stereocenters. The van der Waals surface area contributed by atoms with Gasteiger partial charge in [-0.25, -0.2) is 13.8 Å². The summed E-state index contributed by atoms with van der Waals surface area (Å²) >= 11 is 0. The van der Waals surface area contributed by atoms with Crippen LogP contribution in [-0.4, -0.2) is 43.8 Å². The Morgan fingerprint density at radius 2 is 1.69 bits per heavy atom. The van der Waals surface area contributed by atoms with E-state index in [-0.39, 0.29) is 48.2 Å². The second-order valence-electron chi connectivity index (χ2n) is 10.8. The highest BCUT2D eigenvalue weighted by atomic mass is 31.2. The molecule has 0 radical (unpaired) electrons. The van der Waals surface area contributed by atoms with Gasteiger partial charge in [0.15, 0.2) is 6.29 Å². The van der Waals surface area contributed by atoms with Gasteiger partial charge in [0.2, 0.25) is 0 Å². The largest absolute Gasteiger partial charge is 0.457 e. The summed E-state index contributed by atoms with van der Waals surface area (Å²) in [6.07, 6.45) is -12.9. The van der Waals surface area contributed by atoms with Crippen LogP contribution in [0.5, 0.6) is 0 Å². The molecule has 1 aliphatic heterocycles. The number of nitrogens with zero attached hydrogens (tertiary/aromatic N) is 3. The number of halogens is 7. The summed E-state index contributed by atoms with van der Waals surface area (Å²) in [7, 11) is -4.77. The van der Waals surface area contributed by atoms with Gasteiger partial charge >= 0.3 is 25.8 Å². The van der Waals surface area contributed by atoms with Crippen LogP contribution in [0.4, 0.5) is 30.7 Å². The third-order valence-electron chi connectivity index (χ3n) is 7.40. The summed E-state index contributed by atoms with van der Waals surface area (Å²) in [5, 5.41) is 3.93. The molecule has 3 aromatic carbocycles. The zero-order chi connectivity index (χ0) is 34.9. The van der Waals surface area contributed by atoms with Gasteiger partial charge in [0.05, 0.1) is 43.0 Å².